The number of hydrogen-bond donors (Lipinski definition) is 0. The fourth-order valence-electron chi connectivity index (χ4n) is 2.62. The SMILES string of the molecule is CC1CCC(Oc2nc(Cl)nc3ccccc23)CC1. The van der Waals surface area contributed by atoms with Gasteiger partial charge in [-0.05, 0) is 55.3 Å². The second kappa shape index (κ2) is 5.33. The van der Waals surface area contributed by atoms with Crippen molar-refractivity contribution in [1.82, 2.24) is 9.97 Å². The monoisotopic (exact) mass is 276 g/mol. The van der Waals surface area contributed by atoms with E-state index < -0.39 is 0 Å². The highest BCUT2D eigenvalue weighted by Crippen LogP contribution is 2.30. The third kappa shape index (κ3) is 2.81. The Bertz CT molecular complexity index is 579. The van der Waals surface area contributed by atoms with Crippen molar-refractivity contribution in [3.63, 3.8) is 0 Å². The average Bonchev–Trinajstić information content (AvgIpc) is 2.41. The number of benzene rings is 1. The molecule has 4 heteroatoms. The minimum atomic E-state index is 0.248. The Labute approximate surface area is 118 Å². The predicted octanol–water partition coefficient (Wildman–Crippen LogP) is 4.24. The largest absolute Gasteiger partial charge is 0.474 e. The van der Waals surface area contributed by atoms with E-state index >= 15 is 0 Å². The Hall–Kier alpha value is -1.35. The van der Waals surface area contributed by atoms with Gasteiger partial charge in [-0.2, -0.15) is 4.98 Å². The van der Waals surface area contributed by atoms with Gasteiger partial charge in [-0.3, -0.25) is 0 Å². The van der Waals surface area contributed by atoms with Crippen molar-refractivity contribution in [3.8, 4) is 5.88 Å². The molecule has 2 aromatic rings. The van der Waals surface area contributed by atoms with Gasteiger partial charge in [0, 0.05) is 0 Å². The number of hydrogen-bond acceptors (Lipinski definition) is 3. The van der Waals surface area contributed by atoms with Crippen molar-refractivity contribution < 1.29 is 4.74 Å². The molecular weight excluding hydrogens is 260 g/mol. The molecule has 1 saturated carbocycles. The molecule has 1 aliphatic rings. The highest BCUT2D eigenvalue weighted by molar-refractivity contribution is 6.28. The first-order chi connectivity index (χ1) is 9.22. The maximum Gasteiger partial charge on any atom is 0.226 e. The number of para-hydroxylation sites is 1. The molecule has 0 saturated heterocycles. The van der Waals surface area contributed by atoms with Crippen LogP contribution in [-0.4, -0.2) is 16.1 Å². The zero-order chi connectivity index (χ0) is 13.2. The van der Waals surface area contributed by atoms with E-state index in [1.54, 1.807) is 0 Å². The molecule has 100 valence electrons. The predicted molar refractivity (Wildman–Crippen MR) is 76.6 cm³/mol. The van der Waals surface area contributed by atoms with Crippen molar-refractivity contribution in [2.75, 3.05) is 0 Å². The third-order valence-corrected chi connectivity index (χ3v) is 3.95. The number of ether oxygens (including phenoxy) is 1. The molecule has 0 aliphatic heterocycles. The molecule has 0 atom stereocenters. The normalized spacial score (nSPS) is 23.5. The Kier molecular flexibility index (Phi) is 3.56. The molecule has 0 spiro atoms. The van der Waals surface area contributed by atoms with E-state index in [0.29, 0.717) is 5.88 Å². The van der Waals surface area contributed by atoms with Gasteiger partial charge < -0.3 is 4.74 Å². The molecular formula is C15H17ClN2O. The molecule has 0 unspecified atom stereocenters. The van der Waals surface area contributed by atoms with Gasteiger partial charge in [0.05, 0.1) is 10.9 Å². The van der Waals surface area contributed by atoms with Crippen LogP contribution in [0.1, 0.15) is 32.6 Å². The Balaban J connectivity index is 1.88. The van der Waals surface area contributed by atoms with Crippen LogP contribution in [0.3, 0.4) is 0 Å². The third-order valence-electron chi connectivity index (χ3n) is 3.78. The molecule has 0 radical (unpaired) electrons. The van der Waals surface area contributed by atoms with Gasteiger partial charge in [-0.1, -0.05) is 19.1 Å². The zero-order valence-corrected chi connectivity index (χ0v) is 11.7. The fraction of sp³-hybridized carbons (Fsp3) is 0.467. The van der Waals surface area contributed by atoms with Gasteiger partial charge in [0.15, 0.2) is 0 Å². The Morgan fingerprint density at radius 1 is 1.11 bits per heavy atom. The van der Waals surface area contributed by atoms with Crippen LogP contribution >= 0.6 is 11.6 Å². The molecule has 3 nitrogen and oxygen atoms in total. The van der Waals surface area contributed by atoms with E-state index in [0.717, 1.165) is 29.7 Å². The van der Waals surface area contributed by atoms with Gasteiger partial charge in [-0.15, -0.1) is 0 Å². The molecule has 3 rings (SSSR count). The highest BCUT2D eigenvalue weighted by atomic mass is 35.5. The van der Waals surface area contributed by atoms with Crippen LogP contribution < -0.4 is 4.74 Å². The molecule has 0 amide bonds. The van der Waals surface area contributed by atoms with E-state index in [-0.39, 0.29) is 11.4 Å². The lowest BCUT2D eigenvalue weighted by Crippen LogP contribution is -2.23. The van der Waals surface area contributed by atoms with Crippen LogP contribution in [0, 0.1) is 5.92 Å². The second-order valence-electron chi connectivity index (χ2n) is 5.31. The minimum absolute atomic E-state index is 0.248. The first-order valence-electron chi connectivity index (χ1n) is 6.81. The standard InChI is InChI=1S/C15H17ClN2O/c1-10-6-8-11(9-7-10)19-14-12-4-2-3-5-13(12)17-15(16)18-14/h2-5,10-11H,6-9H2,1H3. The summed E-state index contributed by atoms with van der Waals surface area (Å²) in [5.74, 6) is 1.43. The van der Waals surface area contributed by atoms with E-state index in [2.05, 4.69) is 16.9 Å². The molecule has 1 aromatic carbocycles. The molecule has 19 heavy (non-hydrogen) atoms. The van der Waals surface area contributed by atoms with Gasteiger partial charge in [0.1, 0.15) is 6.10 Å². The minimum Gasteiger partial charge on any atom is -0.474 e. The summed E-state index contributed by atoms with van der Waals surface area (Å²) in [6.45, 7) is 2.30. The van der Waals surface area contributed by atoms with Crippen molar-refractivity contribution in [1.29, 1.82) is 0 Å². The lowest BCUT2D eigenvalue weighted by Gasteiger charge is -2.26. The maximum absolute atomic E-state index is 6.06. The van der Waals surface area contributed by atoms with E-state index in [4.69, 9.17) is 16.3 Å². The molecule has 1 fully saturated rings. The lowest BCUT2D eigenvalue weighted by atomic mass is 9.89. The van der Waals surface area contributed by atoms with Crippen LogP contribution in [-0.2, 0) is 0 Å². The number of rotatable bonds is 2. The summed E-state index contributed by atoms with van der Waals surface area (Å²) in [4.78, 5) is 8.46. The van der Waals surface area contributed by atoms with Crippen LogP contribution in [0.5, 0.6) is 5.88 Å². The van der Waals surface area contributed by atoms with Gasteiger partial charge in [-0.25, -0.2) is 4.98 Å². The summed E-state index contributed by atoms with van der Waals surface area (Å²) in [5.41, 5.74) is 0.835. The van der Waals surface area contributed by atoms with Gasteiger partial charge in [0.25, 0.3) is 0 Å². The van der Waals surface area contributed by atoms with Crippen LogP contribution in [0.25, 0.3) is 10.9 Å². The van der Waals surface area contributed by atoms with E-state index in [1.165, 1.54) is 12.8 Å². The molecule has 1 heterocycles. The van der Waals surface area contributed by atoms with Crippen LogP contribution in [0.4, 0.5) is 0 Å². The summed E-state index contributed by atoms with van der Waals surface area (Å²) in [6.07, 6.45) is 4.89. The topological polar surface area (TPSA) is 35.0 Å². The summed E-state index contributed by atoms with van der Waals surface area (Å²) in [5, 5.41) is 1.18. The molecule has 1 aromatic heterocycles. The summed E-state index contributed by atoms with van der Waals surface area (Å²) in [6, 6.07) is 7.82. The van der Waals surface area contributed by atoms with Crippen molar-refractivity contribution >= 4 is 22.5 Å². The number of nitrogens with zero attached hydrogens (tertiary/aromatic N) is 2. The van der Waals surface area contributed by atoms with Crippen LogP contribution in [0.15, 0.2) is 24.3 Å². The molecule has 0 N–H and O–H groups in total. The molecule has 0 bridgehead atoms. The van der Waals surface area contributed by atoms with Crippen LogP contribution in [0.2, 0.25) is 5.28 Å². The van der Waals surface area contributed by atoms with Crippen molar-refractivity contribution in [2.45, 2.75) is 38.7 Å². The summed E-state index contributed by atoms with van der Waals surface area (Å²) in [7, 11) is 0. The number of halogens is 1. The zero-order valence-electron chi connectivity index (χ0n) is 11.0. The van der Waals surface area contributed by atoms with Crippen molar-refractivity contribution in [3.05, 3.63) is 29.5 Å². The molecule has 1 aliphatic carbocycles. The first kappa shape index (κ1) is 12.7. The summed E-state index contributed by atoms with van der Waals surface area (Å²) < 4.78 is 6.06. The number of fused-ring (bicyclic) bond motifs is 1. The fourth-order valence-corrected chi connectivity index (χ4v) is 2.78. The second-order valence-corrected chi connectivity index (χ2v) is 5.65. The maximum atomic E-state index is 6.06. The lowest BCUT2D eigenvalue weighted by molar-refractivity contribution is 0.132. The highest BCUT2D eigenvalue weighted by Gasteiger charge is 2.21. The number of aromatic nitrogens is 2. The van der Waals surface area contributed by atoms with Gasteiger partial charge in [0.2, 0.25) is 11.2 Å². The smallest absolute Gasteiger partial charge is 0.226 e. The Morgan fingerprint density at radius 2 is 1.84 bits per heavy atom. The van der Waals surface area contributed by atoms with Gasteiger partial charge >= 0.3 is 0 Å². The van der Waals surface area contributed by atoms with E-state index in [9.17, 15) is 0 Å². The quantitative estimate of drug-likeness (QED) is 0.770. The van der Waals surface area contributed by atoms with E-state index in [1.807, 2.05) is 24.3 Å². The van der Waals surface area contributed by atoms with Crippen molar-refractivity contribution in [2.24, 2.45) is 5.92 Å². The first-order valence-corrected chi connectivity index (χ1v) is 7.19. The summed E-state index contributed by atoms with van der Waals surface area (Å²) >= 11 is 5.96. The Morgan fingerprint density at radius 3 is 2.63 bits per heavy atom. The average molecular weight is 277 g/mol.